The van der Waals surface area contributed by atoms with Gasteiger partial charge in [-0.1, -0.05) is 59.7 Å². The number of pyridine rings is 1. The van der Waals surface area contributed by atoms with Gasteiger partial charge in [0.25, 0.3) is 10.0 Å². The van der Waals surface area contributed by atoms with Gasteiger partial charge in [0.05, 0.1) is 21.6 Å². The van der Waals surface area contributed by atoms with Crippen molar-refractivity contribution >= 4 is 54.7 Å². The van der Waals surface area contributed by atoms with E-state index in [-0.39, 0.29) is 10.7 Å². The van der Waals surface area contributed by atoms with Crippen molar-refractivity contribution in [2.24, 2.45) is 0 Å². The molecule has 0 atom stereocenters. The van der Waals surface area contributed by atoms with Gasteiger partial charge in [0.15, 0.2) is 5.78 Å². The van der Waals surface area contributed by atoms with Crippen LogP contribution in [0.25, 0.3) is 21.8 Å². The van der Waals surface area contributed by atoms with Gasteiger partial charge in [-0.3, -0.25) is 9.52 Å². The lowest BCUT2D eigenvalue weighted by atomic mass is 10.0. The number of nitrogens with zero attached hydrogens (tertiary/aromatic N) is 1. The zero-order valence-electron chi connectivity index (χ0n) is 22.5. The van der Waals surface area contributed by atoms with Gasteiger partial charge in [0.2, 0.25) is 0 Å². The number of ketones is 1. The molecule has 5 aromatic carbocycles. The third kappa shape index (κ3) is 5.40. The van der Waals surface area contributed by atoms with Crippen molar-refractivity contribution in [3.8, 4) is 0 Å². The van der Waals surface area contributed by atoms with Crippen LogP contribution in [0.2, 0.25) is 0 Å². The highest BCUT2D eigenvalue weighted by atomic mass is 32.2. The molecule has 0 radical (unpaired) electrons. The molecule has 1 aromatic heterocycles. The van der Waals surface area contributed by atoms with E-state index < -0.39 is 10.0 Å². The Balaban J connectivity index is 1.22. The number of sulfonamides is 1. The van der Waals surface area contributed by atoms with Crippen molar-refractivity contribution in [3.05, 3.63) is 138 Å². The highest BCUT2D eigenvalue weighted by Gasteiger charge is 2.16. The van der Waals surface area contributed by atoms with Crippen LogP contribution in [0.1, 0.15) is 27.0 Å². The highest BCUT2D eigenvalue weighted by Crippen LogP contribution is 2.34. The van der Waals surface area contributed by atoms with E-state index in [0.29, 0.717) is 16.8 Å². The van der Waals surface area contributed by atoms with Crippen LogP contribution in [-0.2, 0) is 10.0 Å². The first-order valence-electron chi connectivity index (χ1n) is 13.2. The molecule has 7 heteroatoms. The van der Waals surface area contributed by atoms with Gasteiger partial charge in [-0.2, -0.15) is 0 Å². The third-order valence-electron chi connectivity index (χ3n) is 6.98. The minimum Gasteiger partial charge on any atom is -0.354 e. The molecule has 0 fully saturated rings. The molecule has 0 amide bonds. The van der Waals surface area contributed by atoms with Gasteiger partial charge in [-0.05, 0) is 80.6 Å². The maximum absolute atomic E-state index is 13.1. The Morgan fingerprint density at radius 3 is 1.93 bits per heavy atom. The van der Waals surface area contributed by atoms with Crippen LogP contribution < -0.4 is 10.0 Å². The van der Waals surface area contributed by atoms with E-state index in [4.69, 9.17) is 4.98 Å². The smallest absolute Gasteiger partial charge is 0.261 e. The van der Waals surface area contributed by atoms with E-state index in [1.165, 1.54) is 24.3 Å². The average molecular weight is 558 g/mol. The summed E-state index contributed by atoms with van der Waals surface area (Å²) in [6, 6.07) is 34.5. The average Bonchev–Trinajstić information content (AvgIpc) is 2.98. The van der Waals surface area contributed by atoms with Crippen LogP contribution in [0.5, 0.6) is 0 Å². The standard InChI is InChI=1S/C34H27N3O3S/c1-22-7-10-24(11-8-22)34(38)25-12-18-28(19-13-25)41(39,40)37-27-16-14-26(15-17-27)35-33-29-5-3-4-6-31(29)36-32-20-9-23(2)21-30(32)33/h3-21,37H,1-2H3,(H,35,36). The molecular formula is C34H27N3O3S. The fourth-order valence-corrected chi connectivity index (χ4v) is 5.84. The molecule has 0 aliphatic carbocycles. The van der Waals surface area contributed by atoms with Crippen LogP contribution in [0, 0.1) is 13.8 Å². The molecule has 0 saturated carbocycles. The Hall–Kier alpha value is -5.01. The first-order valence-corrected chi connectivity index (χ1v) is 14.7. The molecule has 41 heavy (non-hydrogen) atoms. The summed E-state index contributed by atoms with van der Waals surface area (Å²) in [7, 11) is -3.85. The van der Waals surface area contributed by atoms with Crippen LogP contribution in [0.15, 0.2) is 120 Å². The molecule has 0 aliphatic heterocycles. The summed E-state index contributed by atoms with van der Waals surface area (Å²) in [6.07, 6.45) is 0. The number of nitrogens with one attached hydrogen (secondary N) is 2. The summed E-state index contributed by atoms with van der Waals surface area (Å²) in [4.78, 5) is 17.6. The minimum atomic E-state index is -3.85. The van der Waals surface area contributed by atoms with E-state index in [1.807, 2.05) is 67.6 Å². The molecule has 6 rings (SSSR count). The molecule has 6 aromatic rings. The first kappa shape index (κ1) is 26.2. The molecule has 1 heterocycles. The number of rotatable bonds is 7. The second-order valence-corrected chi connectivity index (χ2v) is 11.7. The predicted octanol–water partition coefficient (Wildman–Crippen LogP) is 7.78. The molecule has 2 N–H and O–H groups in total. The zero-order chi connectivity index (χ0) is 28.6. The molecular weight excluding hydrogens is 530 g/mol. The molecule has 0 aliphatic rings. The minimum absolute atomic E-state index is 0.0743. The number of benzene rings is 5. The second kappa shape index (κ2) is 10.5. The van der Waals surface area contributed by atoms with Crippen LogP contribution in [0.4, 0.5) is 17.1 Å². The predicted molar refractivity (Wildman–Crippen MR) is 166 cm³/mol. The normalized spacial score (nSPS) is 11.5. The zero-order valence-corrected chi connectivity index (χ0v) is 23.4. The van der Waals surface area contributed by atoms with Crippen molar-refractivity contribution in [1.29, 1.82) is 0 Å². The maximum Gasteiger partial charge on any atom is 0.261 e. The lowest BCUT2D eigenvalue weighted by Crippen LogP contribution is -2.13. The lowest BCUT2D eigenvalue weighted by Gasteiger charge is -2.15. The summed E-state index contributed by atoms with van der Waals surface area (Å²) in [5, 5.41) is 5.53. The molecule has 0 bridgehead atoms. The number of carbonyl (C=O) groups excluding carboxylic acids is 1. The number of hydrogen-bond donors (Lipinski definition) is 2. The number of aryl methyl sites for hydroxylation is 2. The van der Waals surface area contributed by atoms with Crippen LogP contribution in [-0.4, -0.2) is 19.2 Å². The third-order valence-corrected chi connectivity index (χ3v) is 8.38. The number of aromatic nitrogens is 1. The topological polar surface area (TPSA) is 88.2 Å². The highest BCUT2D eigenvalue weighted by molar-refractivity contribution is 7.92. The maximum atomic E-state index is 13.1. The summed E-state index contributed by atoms with van der Waals surface area (Å²) in [5.74, 6) is -0.157. The number of anilines is 3. The Kier molecular flexibility index (Phi) is 6.73. The number of hydrogen-bond acceptors (Lipinski definition) is 5. The molecule has 0 unspecified atom stereocenters. The Bertz CT molecular complexity index is 2020. The van der Waals surface area contributed by atoms with Crippen molar-refractivity contribution in [2.75, 3.05) is 10.0 Å². The van der Waals surface area contributed by atoms with E-state index in [9.17, 15) is 13.2 Å². The Labute approximate surface area is 238 Å². The summed E-state index contributed by atoms with van der Waals surface area (Å²) in [5.41, 5.74) is 7.15. The van der Waals surface area contributed by atoms with E-state index >= 15 is 0 Å². The van der Waals surface area contributed by atoms with Crippen LogP contribution >= 0.6 is 0 Å². The molecule has 0 saturated heterocycles. The molecule has 202 valence electrons. The van der Waals surface area contributed by atoms with Gasteiger partial charge in [-0.15, -0.1) is 0 Å². The quantitative estimate of drug-likeness (QED) is 0.155. The summed E-state index contributed by atoms with van der Waals surface area (Å²) >= 11 is 0. The molecule has 6 nitrogen and oxygen atoms in total. The number of para-hydroxylation sites is 1. The monoisotopic (exact) mass is 557 g/mol. The van der Waals surface area contributed by atoms with E-state index in [0.717, 1.165) is 44.3 Å². The lowest BCUT2D eigenvalue weighted by molar-refractivity contribution is 0.103. The Morgan fingerprint density at radius 2 is 1.22 bits per heavy atom. The second-order valence-electron chi connectivity index (χ2n) is 10.1. The van der Waals surface area contributed by atoms with Gasteiger partial charge < -0.3 is 5.32 Å². The fraction of sp³-hybridized carbons (Fsp3) is 0.0588. The van der Waals surface area contributed by atoms with Crippen molar-refractivity contribution in [3.63, 3.8) is 0 Å². The molecule has 0 spiro atoms. The van der Waals surface area contributed by atoms with E-state index in [2.05, 4.69) is 23.0 Å². The fourth-order valence-electron chi connectivity index (χ4n) is 4.78. The Morgan fingerprint density at radius 1 is 0.634 bits per heavy atom. The van der Waals surface area contributed by atoms with Gasteiger partial charge in [0, 0.05) is 33.3 Å². The summed E-state index contributed by atoms with van der Waals surface area (Å²) < 4.78 is 28.8. The van der Waals surface area contributed by atoms with Gasteiger partial charge >= 0.3 is 0 Å². The van der Waals surface area contributed by atoms with Crippen molar-refractivity contribution < 1.29 is 13.2 Å². The van der Waals surface area contributed by atoms with Crippen molar-refractivity contribution in [1.82, 2.24) is 4.98 Å². The van der Waals surface area contributed by atoms with Crippen molar-refractivity contribution in [2.45, 2.75) is 18.7 Å². The van der Waals surface area contributed by atoms with E-state index in [1.54, 1.807) is 24.3 Å². The van der Waals surface area contributed by atoms with Crippen LogP contribution in [0.3, 0.4) is 0 Å². The first-order chi connectivity index (χ1) is 19.8. The largest absolute Gasteiger partial charge is 0.354 e. The summed E-state index contributed by atoms with van der Waals surface area (Å²) in [6.45, 7) is 4.00. The van der Waals surface area contributed by atoms with Gasteiger partial charge in [-0.25, -0.2) is 13.4 Å². The van der Waals surface area contributed by atoms with Gasteiger partial charge in [0.1, 0.15) is 0 Å². The number of carbonyl (C=O) groups is 1. The SMILES string of the molecule is Cc1ccc(C(=O)c2ccc(S(=O)(=O)Nc3ccc(Nc4c5ccccc5nc5ccc(C)cc45)cc3)cc2)cc1. The number of fused-ring (bicyclic) bond motifs is 2.